The largest absolute Gasteiger partial charge is 0.508 e. The summed E-state index contributed by atoms with van der Waals surface area (Å²) in [5, 5.41) is 69.2. The molecule has 0 aliphatic carbocycles. The van der Waals surface area contributed by atoms with Crippen LogP contribution in [0.4, 0.5) is 0 Å². The van der Waals surface area contributed by atoms with E-state index in [0.29, 0.717) is 0 Å². The molecule has 30 heavy (non-hydrogen) atoms. The minimum absolute atomic E-state index is 0.0796. The summed E-state index contributed by atoms with van der Waals surface area (Å²) in [7, 11) is 1.34. The topological polar surface area (TPSA) is 188 Å². The predicted molar refractivity (Wildman–Crippen MR) is 95.7 cm³/mol. The van der Waals surface area contributed by atoms with Gasteiger partial charge in [-0.05, 0) is 12.1 Å². The number of hydrogen-bond donors (Lipinski definition) is 7. The van der Waals surface area contributed by atoms with E-state index >= 15 is 0 Å². The molecule has 0 bridgehead atoms. The number of aromatic hydroxyl groups is 1. The first-order valence-corrected chi connectivity index (χ1v) is 9.18. The molecular formula is C18H26O12. The standard InChI is InChI=1S/C18H26O12/c1-26-10-4-8(20)2-3-9(10)29-16-14(23)13(22)12(21)11(30-16)5-27-17-15(24)18(25,6-19)7-28-17/h2-4,11-17,19-25H,5-7H2,1H3/t11-,12-,13+,14-,15+,16-,17-,18-/m1/s1. The van der Waals surface area contributed by atoms with Gasteiger partial charge in [-0.3, -0.25) is 0 Å². The lowest BCUT2D eigenvalue weighted by molar-refractivity contribution is -0.289. The van der Waals surface area contributed by atoms with Crippen molar-refractivity contribution in [1.29, 1.82) is 0 Å². The summed E-state index contributed by atoms with van der Waals surface area (Å²) in [5.41, 5.74) is -1.88. The van der Waals surface area contributed by atoms with Crippen molar-refractivity contribution in [3.8, 4) is 17.2 Å². The summed E-state index contributed by atoms with van der Waals surface area (Å²) >= 11 is 0. The maximum Gasteiger partial charge on any atom is 0.229 e. The minimum atomic E-state index is -1.88. The van der Waals surface area contributed by atoms with Crippen LogP contribution >= 0.6 is 0 Å². The Hall–Kier alpha value is -1.74. The fourth-order valence-corrected chi connectivity index (χ4v) is 3.15. The Balaban J connectivity index is 1.66. The summed E-state index contributed by atoms with van der Waals surface area (Å²) in [6.45, 7) is -1.51. The molecule has 7 N–H and O–H groups in total. The summed E-state index contributed by atoms with van der Waals surface area (Å²) in [5.74, 6) is 0.166. The van der Waals surface area contributed by atoms with Gasteiger partial charge in [-0.2, -0.15) is 0 Å². The first-order valence-electron chi connectivity index (χ1n) is 9.18. The van der Waals surface area contributed by atoms with E-state index in [9.17, 15) is 30.6 Å². The molecule has 12 heteroatoms. The fraction of sp³-hybridized carbons (Fsp3) is 0.667. The highest BCUT2D eigenvalue weighted by atomic mass is 16.7. The van der Waals surface area contributed by atoms with Crippen molar-refractivity contribution >= 4 is 0 Å². The van der Waals surface area contributed by atoms with Crippen molar-refractivity contribution < 1.29 is 59.4 Å². The number of benzene rings is 1. The van der Waals surface area contributed by atoms with Crippen LogP contribution in [0.3, 0.4) is 0 Å². The summed E-state index contributed by atoms with van der Waals surface area (Å²) in [6, 6.07) is 3.96. The predicted octanol–water partition coefficient (Wildman–Crippen LogP) is -2.96. The van der Waals surface area contributed by atoms with Crippen molar-refractivity contribution in [2.75, 3.05) is 26.9 Å². The molecule has 1 aromatic carbocycles. The molecule has 2 fully saturated rings. The molecule has 2 aliphatic rings. The maximum absolute atomic E-state index is 10.2. The number of methoxy groups -OCH3 is 1. The first kappa shape index (κ1) is 22.9. The number of hydrogen-bond acceptors (Lipinski definition) is 12. The molecular weight excluding hydrogens is 408 g/mol. The van der Waals surface area contributed by atoms with Crippen molar-refractivity contribution in [3.63, 3.8) is 0 Å². The second-order valence-corrected chi connectivity index (χ2v) is 7.19. The highest BCUT2D eigenvalue weighted by Gasteiger charge is 2.50. The molecule has 2 heterocycles. The second-order valence-electron chi connectivity index (χ2n) is 7.19. The zero-order valence-electron chi connectivity index (χ0n) is 16.1. The lowest BCUT2D eigenvalue weighted by Gasteiger charge is -2.40. The van der Waals surface area contributed by atoms with Gasteiger partial charge < -0.3 is 59.4 Å². The Morgan fingerprint density at radius 1 is 1.07 bits per heavy atom. The van der Waals surface area contributed by atoms with E-state index in [1.807, 2.05) is 0 Å². The molecule has 2 aliphatic heterocycles. The number of rotatable bonds is 7. The Morgan fingerprint density at radius 2 is 1.80 bits per heavy atom. The normalized spacial score (nSPS) is 39.1. The first-order chi connectivity index (χ1) is 14.2. The molecule has 1 aromatic rings. The highest BCUT2D eigenvalue weighted by molar-refractivity contribution is 5.45. The number of ether oxygens (including phenoxy) is 5. The summed E-state index contributed by atoms with van der Waals surface area (Å²) in [6.07, 6.45) is -10.3. The maximum atomic E-state index is 10.2. The van der Waals surface area contributed by atoms with Crippen molar-refractivity contribution in [2.24, 2.45) is 0 Å². The minimum Gasteiger partial charge on any atom is -0.508 e. The SMILES string of the molecule is COc1cc(O)ccc1O[C@@H]1O[C@H](CO[C@@H]2OC[C@](O)(CO)[C@H]2O)[C@@H](O)[C@H](O)[C@H]1O. The van der Waals surface area contributed by atoms with Crippen LogP contribution in [0.1, 0.15) is 0 Å². The van der Waals surface area contributed by atoms with E-state index in [0.717, 1.165) is 0 Å². The lowest BCUT2D eigenvalue weighted by Crippen LogP contribution is -2.60. The Bertz CT molecular complexity index is 716. The van der Waals surface area contributed by atoms with Crippen molar-refractivity contribution in [2.45, 2.75) is 48.7 Å². The quantitative estimate of drug-likeness (QED) is 0.231. The van der Waals surface area contributed by atoms with Gasteiger partial charge in [0, 0.05) is 6.07 Å². The van der Waals surface area contributed by atoms with Crippen LogP contribution in [0.15, 0.2) is 18.2 Å². The summed E-state index contributed by atoms with van der Waals surface area (Å²) in [4.78, 5) is 0. The van der Waals surface area contributed by atoms with Crippen molar-refractivity contribution in [3.05, 3.63) is 18.2 Å². The molecule has 0 spiro atoms. The van der Waals surface area contributed by atoms with Crippen LogP contribution in [-0.4, -0.2) is 111 Å². The van der Waals surface area contributed by atoms with Gasteiger partial charge in [0.1, 0.15) is 41.9 Å². The van der Waals surface area contributed by atoms with E-state index in [-0.39, 0.29) is 23.9 Å². The second kappa shape index (κ2) is 9.18. The molecule has 0 saturated carbocycles. The molecule has 3 rings (SSSR count). The third kappa shape index (κ3) is 4.46. The molecule has 0 amide bonds. The zero-order chi connectivity index (χ0) is 22.1. The average molecular weight is 434 g/mol. The van der Waals surface area contributed by atoms with Gasteiger partial charge in [-0.1, -0.05) is 0 Å². The van der Waals surface area contributed by atoms with Gasteiger partial charge in [0.2, 0.25) is 6.29 Å². The fourth-order valence-electron chi connectivity index (χ4n) is 3.15. The number of aliphatic hydroxyl groups excluding tert-OH is 5. The van der Waals surface area contributed by atoms with Gasteiger partial charge in [-0.15, -0.1) is 0 Å². The zero-order valence-corrected chi connectivity index (χ0v) is 16.1. The smallest absolute Gasteiger partial charge is 0.229 e. The number of phenolic OH excluding ortho intramolecular Hbond substituents is 1. The monoisotopic (exact) mass is 434 g/mol. The van der Waals surface area contributed by atoms with Crippen LogP contribution in [0.25, 0.3) is 0 Å². The Kier molecular flexibility index (Phi) is 7.02. The van der Waals surface area contributed by atoms with Crippen LogP contribution in [-0.2, 0) is 14.2 Å². The molecule has 12 nitrogen and oxygen atoms in total. The third-order valence-electron chi connectivity index (χ3n) is 5.06. The third-order valence-corrected chi connectivity index (χ3v) is 5.06. The van der Waals surface area contributed by atoms with E-state index in [1.165, 1.54) is 25.3 Å². The highest BCUT2D eigenvalue weighted by Crippen LogP contribution is 2.34. The Morgan fingerprint density at radius 3 is 2.43 bits per heavy atom. The van der Waals surface area contributed by atoms with E-state index < -0.39 is 61.9 Å². The van der Waals surface area contributed by atoms with Crippen LogP contribution in [0.5, 0.6) is 17.2 Å². The van der Waals surface area contributed by atoms with Crippen molar-refractivity contribution in [1.82, 2.24) is 0 Å². The Labute approximate surface area is 171 Å². The lowest BCUT2D eigenvalue weighted by atomic mass is 9.99. The number of aliphatic hydroxyl groups is 6. The van der Waals surface area contributed by atoms with Gasteiger partial charge in [0.25, 0.3) is 0 Å². The van der Waals surface area contributed by atoms with Gasteiger partial charge in [0.05, 0.1) is 26.9 Å². The van der Waals surface area contributed by atoms with Crippen LogP contribution in [0, 0.1) is 0 Å². The molecule has 0 radical (unpaired) electrons. The summed E-state index contributed by atoms with van der Waals surface area (Å²) < 4.78 is 26.6. The molecule has 170 valence electrons. The molecule has 2 saturated heterocycles. The van der Waals surface area contributed by atoms with E-state index in [1.54, 1.807) is 0 Å². The molecule has 0 aromatic heterocycles. The number of phenols is 1. The van der Waals surface area contributed by atoms with Crippen LogP contribution in [0.2, 0.25) is 0 Å². The van der Waals surface area contributed by atoms with E-state index in [4.69, 9.17) is 28.8 Å². The van der Waals surface area contributed by atoms with Crippen LogP contribution < -0.4 is 9.47 Å². The molecule has 8 atom stereocenters. The van der Waals surface area contributed by atoms with Gasteiger partial charge in [0.15, 0.2) is 17.8 Å². The van der Waals surface area contributed by atoms with Gasteiger partial charge >= 0.3 is 0 Å². The average Bonchev–Trinajstić information content (AvgIpc) is 3.03. The van der Waals surface area contributed by atoms with Gasteiger partial charge in [-0.25, -0.2) is 0 Å². The van der Waals surface area contributed by atoms with E-state index in [2.05, 4.69) is 0 Å². The molecule has 0 unspecified atom stereocenters.